The quantitative estimate of drug-likeness (QED) is 0.635. The highest BCUT2D eigenvalue weighted by atomic mass is 16.1. The summed E-state index contributed by atoms with van der Waals surface area (Å²) in [5.41, 5.74) is 4.96. The molecule has 1 unspecified atom stereocenters. The van der Waals surface area contributed by atoms with E-state index in [4.69, 9.17) is 5.73 Å². The van der Waals surface area contributed by atoms with Crippen molar-refractivity contribution in [1.29, 1.82) is 0 Å². The fraction of sp³-hybridized carbons (Fsp3) is 0.933. The fourth-order valence-electron chi connectivity index (χ4n) is 2.66. The molecule has 1 fully saturated rings. The Bertz CT molecular complexity index is 289. The van der Waals surface area contributed by atoms with Crippen molar-refractivity contribution in [2.24, 2.45) is 11.7 Å². The van der Waals surface area contributed by atoms with E-state index in [2.05, 4.69) is 24.1 Å². The number of nitrogens with zero attached hydrogens (tertiary/aromatic N) is 1. The van der Waals surface area contributed by atoms with Gasteiger partial charge in [0.25, 0.3) is 0 Å². The van der Waals surface area contributed by atoms with Crippen LogP contribution < -0.4 is 11.1 Å². The van der Waals surface area contributed by atoms with Gasteiger partial charge >= 0.3 is 0 Å². The molecule has 0 heterocycles. The third-order valence-corrected chi connectivity index (χ3v) is 3.90. The van der Waals surface area contributed by atoms with Crippen molar-refractivity contribution >= 4 is 5.91 Å². The van der Waals surface area contributed by atoms with Crippen molar-refractivity contribution in [2.45, 2.75) is 65.0 Å². The van der Waals surface area contributed by atoms with Crippen LogP contribution >= 0.6 is 0 Å². The van der Waals surface area contributed by atoms with Crippen LogP contribution in [0, 0.1) is 5.92 Å². The van der Waals surface area contributed by atoms with Crippen LogP contribution in [0.4, 0.5) is 0 Å². The average Bonchev–Trinajstić information content (AvgIpc) is 3.11. The molecule has 0 aromatic rings. The van der Waals surface area contributed by atoms with Gasteiger partial charge in [-0.15, -0.1) is 0 Å². The lowest BCUT2D eigenvalue weighted by Crippen LogP contribution is -2.53. The molecule has 4 nitrogen and oxygen atoms in total. The van der Waals surface area contributed by atoms with Crippen LogP contribution in [-0.2, 0) is 4.79 Å². The minimum Gasteiger partial charge on any atom is -0.368 e. The number of nitrogens with two attached hydrogens (primary N) is 1. The van der Waals surface area contributed by atoms with E-state index in [1.165, 1.54) is 19.4 Å². The van der Waals surface area contributed by atoms with Crippen LogP contribution in [0.5, 0.6) is 0 Å². The van der Waals surface area contributed by atoms with E-state index in [0.29, 0.717) is 5.92 Å². The van der Waals surface area contributed by atoms with Gasteiger partial charge in [0.15, 0.2) is 0 Å². The van der Waals surface area contributed by atoms with E-state index in [-0.39, 0.29) is 5.91 Å². The van der Waals surface area contributed by atoms with Crippen molar-refractivity contribution < 1.29 is 4.79 Å². The standard InChI is InChI=1S/C15H31N3O/c1-5-17-15(4,14(16)19)9-6-10-18(11-12(2)3)13-7-8-13/h12-13,17H,5-11H2,1-4H3,(H2,16,19). The first-order valence-electron chi connectivity index (χ1n) is 7.68. The van der Waals surface area contributed by atoms with Crippen molar-refractivity contribution in [2.75, 3.05) is 19.6 Å². The molecule has 1 saturated carbocycles. The number of likely N-dealkylation sites (N-methyl/N-ethyl adjacent to an activating group) is 1. The van der Waals surface area contributed by atoms with Crippen LogP contribution in [0.3, 0.4) is 0 Å². The highest BCUT2D eigenvalue weighted by molar-refractivity contribution is 5.84. The molecular formula is C15H31N3O. The summed E-state index contributed by atoms with van der Waals surface area (Å²) in [5, 5.41) is 3.22. The lowest BCUT2D eigenvalue weighted by Gasteiger charge is -2.29. The van der Waals surface area contributed by atoms with Crippen LogP contribution in [0.2, 0.25) is 0 Å². The molecule has 0 spiro atoms. The number of amides is 1. The molecule has 0 saturated heterocycles. The van der Waals surface area contributed by atoms with E-state index in [0.717, 1.165) is 32.0 Å². The molecule has 112 valence electrons. The van der Waals surface area contributed by atoms with Gasteiger partial charge in [0.05, 0.1) is 5.54 Å². The second kappa shape index (κ2) is 7.25. The first-order chi connectivity index (χ1) is 8.89. The monoisotopic (exact) mass is 269 g/mol. The number of carbonyl (C=O) groups is 1. The van der Waals surface area contributed by atoms with Gasteiger partial charge in [0, 0.05) is 12.6 Å². The number of hydrogen-bond acceptors (Lipinski definition) is 3. The second-order valence-electron chi connectivity index (χ2n) is 6.45. The fourth-order valence-corrected chi connectivity index (χ4v) is 2.66. The molecule has 1 atom stereocenters. The zero-order valence-corrected chi connectivity index (χ0v) is 13.0. The topological polar surface area (TPSA) is 58.4 Å². The Hall–Kier alpha value is -0.610. The Morgan fingerprint density at radius 2 is 2.11 bits per heavy atom. The molecule has 0 bridgehead atoms. The summed E-state index contributed by atoms with van der Waals surface area (Å²) in [6.45, 7) is 11.5. The largest absolute Gasteiger partial charge is 0.368 e. The number of primary amides is 1. The summed E-state index contributed by atoms with van der Waals surface area (Å²) < 4.78 is 0. The molecule has 0 radical (unpaired) electrons. The number of carbonyl (C=O) groups excluding carboxylic acids is 1. The van der Waals surface area contributed by atoms with E-state index in [9.17, 15) is 4.79 Å². The minimum absolute atomic E-state index is 0.240. The van der Waals surface area contributed by atoms with Gasteiger partial charge < -0.3 is 16.0 Å². The highest BCUT2D eigenvalue weighted by Gasteiger charge is 2.32. The van der Waals surface area contributed by atoms with E-state index in [1.807, 2.05) is 13.8 Å². The van der Waals surface area contributed by atoms with E-state index >= 15 is 0 Å². The van der Waals surface area contributed by atoms with Gasteiger partial charge in [-0.3, -0.25) is 4.79 Å². The Balaban J connectivity index is 2.39. The molecule has 1 amide bonds. The summed E-state index contributed by atoms with van der Waals surface area (Å²) in [6, 6.07) is 0.793. The summed E-state index contributed by atoms with van der Waals surface area (Å²) in [5.74, 6) is 0.466. The normalized spacial score (nSPS) is 18.8. The maximum absolute atomic E-state index is 11.6. The maximum atomic E-state index is 11.6. The third kappa shape index (κ3) is 5.49. The smallest absolute Gasteiger partial charge is 0.237 e. The predicted molar refractivity (Wildman–Crippen MR) is 79.9 cm³/mol. The second-order valence-corrected chi connectivity index (χ2v) is 6.45. The molecule has 19 heavy (non-hydrogen) atoms. The van der Waals surface area contributed by atoms with Crippen LogP contribution in [0.25, 0.3) is 0 Å². The third-order valence-electron chi connectivity index (χ3n) is 3.90. The summed E-state index contributed by atoms with van der Waals surface area (Å²) in [4.78, 5) is 14.1. The van der Waals surface area contributed by atoms with Gasteiger partial charge in [-0.05, 0) is 51.6 Å². The maximum Gasteiger partial charge on any atom is 0.237 e. The molecule has 0 aromatic carbocycles. The van der Waals surface area contributed by atoms with Crippen molar-refractivity contribution in [3.8, 4) is 0 Å². The number of hydrogen-bond donors (Lipinski definition) is 2. The van der Waals surface area contributed by atoms with Crippen LogP contribution in [0.1, 0.15) is 53.4 Å². The van der Waals surface area contributed by atoms with Gasteiger partial charge in [0.2, 0.25) is 5.91 Å². The molecule has 0 aromatic heterocycles. The van der Waals surface area contributed by atoms with E-state index in [1.54, 1.807) is 0 Å². The molecule has 1 rings (SSSR count). The van der Waals surface area contributed by atoms with Gasteiger partial charge in [-0.1, -0.05) is 20.8 Å². The predicted octanol–water partition coefficient (Wildman–Crippen LogP) is 1.74. The van der Waals surface area contributed by atoms with Gasteiger partial charge in [-0.25, -0.2) is 0 Å². The first kappa shape index (κ1) is 16.4. The van der Waals surface area contributed by atoms with Crippen molar-refractivity contribution in [1.82, 2.24) is 10.2 Å². The number of rotatable bonds is 10. The minimum atomic E-state index is -0.554. The molecular weight excluding hydrogens is 238 g/mol. The summed E-state index contributed by atoms with van der Waals surface area (Å²) >= 11 is 0. The van der Waals surface area contributed by atoms with Crippen LogP contribution in [0.15, 0.2) is 0 Å². The molecule has 1 aliphatic carbocycles. The first-order valence-corrected chi connectivity index (χ1v) is 7.68. The molecule has 0 aliphatic heterocycles. The Kier molecular flexibility index (Phi) is 6.27. The van der Waals surface area contributed by atoms with Gasteiger partial charge in [0.1, 0.15) is 0 Å². The lowest BCUT2D eigenvalue weighted by atomic mass is 9.94. The highest BCUT2D eigenvalue weighted by Crippen LogP contribution is 2.28. The number of nitrogens with one attached hydrogen (secondary N) is 1. The summed E-state index contributed by atoms with van der Waals surface area (Å²) in [7, 11) is 0. The molecule has 4 heteroatoms. The zero-order valence-electron chi connectivity index (χ0n) is 13.0. The summed E-state index contributed by atoms with van der Waals surface area (Å²) in [6.07, 6.45) is 4.52. The van der Waals surface area contributed by atoms with Crippen molar-refractivity contribution in [3.05, 3.63) is 0 Å². The molecule has 1 aliphatic rings. The Morgan fingerprint density at radius 3 is 2.53 bits per heavy atom. The lowest BCUT2D eigenvalue weighted by molar-refractivity contribution is -0.124. The van der Waals surface area contributed by atoms with Gasteiger partial charge in [-0.2, -0.15) is 0 Å². The SMILES string of the molecule is CCNC(C)(CCCN(CC(C)C)C1CC1)C(N)=O. The van der Waals surface area contributed by atoms with Crippen LogP contribution in [-0.4, -0.2) is 42.0 Å². The van der Waals surface area contributed by atoms with Crippen molar-refractivity contribution in [3.63, 3.8) is 0 Å². The van der Waals surface area contributed by atoms with E-state index < -0.39 is 5.54 Å². The average molecular weight is 269 g/mol. The molecule has 3 N–H and O–H groups in total. The Morgan fingerprint density at radius 1 is 1.47 bits per heavy atom. The Labute approximate surface area is 118 Å². The zero-order chi connectivity index (χ0) is 14.5.